The van der Waals surface area contributed by atoms with Gasteiger partial charge in [0.1, 0.15) is 17.2 Å². The molecule has 0 aliphatic heterocycles. The van der Waals surface area contributed by atoms with Gasteiger partial charge in [-0.3, -0.25) is 0 Å². The van der Waals surface area contributed by atoms with E-state index in [1.807, 2.05) is 0 Å². The number of rotatable bonds is 3. The van der Waals surface area contributed by atoms with Gasteiger partial charge in [-0.2, -0.15) is 0 Å². The molecule has 1 aromatic carbocycles. The van der Waals surface area contributed by atoms with Gasteiger partial charge < -0.3 is 15.2 Å². The number of nitrogens with zero attached hydrogens (tertiary/aromatic N) is 1. The standard InChI is InChI=1S/C14H14Cl2FN3O2/c1-6(10-4-9(15)5-11(16)12(10)17)18-14(21)19-13-7(2)20-22-8(13)3/h4-6H,1-3H3,(H2,18,19,21). The number of carbonyl (C=O) groups is 1. The lowest BCUT2D eigenvalue weighted by atomic mass is 10.1. The van der Waals surface area contributed by atoms with Gasteiger partial charge in [0, 0.05) is 10.6 Å². The normalized spacial score (nSPS) is 12.1. The van der Waals surface area contributed by atoms with Crippen LogP contribution in [0.4, 0.5) is 14.9 Å². The molecule has 2 amide bonds. The van der Waals surface area contributed by atoms with Gasteiger partial charge in [-0.15, -0.1) is 0 Å². The largest absolute Gasteiger partial charge is 0.359 e. The fourth-order valence-electron chi connectivity index (χ4n) is 1.98. The van der Waals surface area contributed by atoms with Gasteiger partial charge in [-0.1, -0.05) is 28.4 Å². The molecule has 0 radical (unpaired) electrons. The summed E-state index contributed by atoms with van der Waals surface area (Å²) in [6, 6.07) is 1.58. The predicted molar refractivity (Wildman–Crippen MR) is 83.0 cm³/mol. The van der Waals surface area contributed by atoms with E-state index in [-0.39, 0.29) is 10.6 Å². The summed E-state index contributed by atoms with van der Waals surface area (Å²) < 4.78 is 18.9. The molecule has 5 nitrogen and oxygen atoms in total. The zero-order valence-corrected chi connectivity index (χ0v) is 13.6. The van der Waals surface area contributed by atoms with Gasteiger partial charge in [0.15, 0.2) is 5.76 Å². The van der Waals surface area contributed by atoms with Gasteiger partial charge >= 0.3 is 6.03 Å². The summed E-state index contributed by atoms with van der Waals surface area (Å²) in [6.45, 7) is 5.00. The molecule has 2 N–H and O–H groups in total. The van der Waals surface area contributed by atoms with Gasteiger partial charge in [-0.05, 0) is 32.9 Å². The molecule has 0 bridgehead atoms. The summed E-state index contributed by atoms with van der Waals surface area (Å²) in [6.07, 6.45) is 0. The van der Waals surface area contributed by atoms with Crippen molar-refractivity contribution in [3.63, 3.8) is 0 Å². The zero-order chi connectivity index (χ0) is 16.4. The number of urea groups is 1. The number of nitrogens with one attached hydrogen (secondary N) is 2. The Morgan fingerprint density at radius 1 is 1.36 bits per heavy atom. The number of hydrogen-bond acceptors (Lipinski definition) is 3. The summed E-state index contributed by atoms with van der Waals surface area (Å²) in [5, 5.41) is 9.15. The average molecular weight is 346 g/mol. The highest BCUT2D eigenvalue weighted by atomic mass is 35.5. The quantitative estimate of drug-likeness (QED) is 0.797. The molecule has 1 heterocycles. The van der Waals surface area contributed by atoms with Gasteiger partial charge in [0.2, 0.25) is 0 Å². The summed E-state index contributed by atoms with van der Waals surface area (Å²) in [5.41, 5.74) is 1.23. The maximum absolute atomic E-state index is 14.0. The van der Waals surface area contributed by atoms with Crippen LogP contribution in [0.25, 0.3) is 0 Å². The fraction of sp³-hybridized carbons (Fsp3) is 0.286. The highest BCUT2D eigenvalue weighted by Gasteiger charge is 2.18. The van der Waals surface area contributed by atoms with Crippen LogP contribution in [0, 0.1) is 19.7 Å². The van der Waals surface area contributed by atoms with Crippen LogP contribution in [0.3, 0.4) is 0 Å². The third-order valence-electron chi connectivity index (χ3n) is 3.11. The van der Waals surface area contributed by atoms with Gasteiger partial charge in [0.05, 0.1) is 11.1 Å². The molecule has 0 aliphatic rings. The summed E-state index contributed by atoms with van der Waals surface area (Å²) in [5.74, 6) is -0.131. The monoisotopic (exact) mass is 345 g/mol. The fourth-order valence-corrected chi connectivity index (χ4v) is 2.49. The minimum absolute atomic E-state index is 0.0951. The Balaban J connectivity index is 2.12. The number of aromatic nitrogens is 1. The number of halogens is 3. The third-order valence-corrected chi connectivity index (χ3v) is 3.60. The number of aryl methyl sites for hydroxylation is 2. The second kappa shape index (κ2) is 6.54. The lowest BCUT2D eigenvalue weighted by Gasteiger charge is -2.16. The van der Waals surface area contributed by atoms with Crippen molar-refractivity contribution in [1.29, 1.82) is 0 Å². The molecule has 0 saturated heterocycles. The first kappa shape index (κ1) is 16.6. The molecule has 8 heteroatoms. The van der Waals surface area contributed by atoms with Crippen LogP contribution in [0.15, 0.2) is 16.7 Å². The summed E-state index contributed by atoms with van der Waals surface area (Å²) in [7, 11) is 0. The first-order chi connectivity index (χ1) is 10.3. The van der Waals surface area contributed by atoms with Crippen molar-refractivity contribution in [2.45, 2.75) is 26.8 Å². The highest BCUT2D eigenvalue weighted by molar-refractivity contribution is 6.34. The van der Waals surface area contributed by atoms with Crippen molar-refractivity contribution >= 4 is 34.9 Å². The molecular weight excluding hydrogens is 332 g/mol. The maximum atomic E-state index is 14.0. The first-order valence-electron chi connectivity index (χ1n) is 6.44. The topological polar surface area (TPSA) is 67.2 Å². The molecule has 2 rings (SSSR count). The number of hydrogen-bond donors (Lipinski definition) is 2. The molecule has 118 valence electrons. The molecule has 22 heavy (non-hydrogen) atoms. The molecule has 0 aliphatic carbocycles. The van der Waals surface area contributed by atoms with Crippen molar-refractivity contribution in [2.75, 3.05) is 5.32 Å². The Kier molecular flexibility index (Phi) is 4.93. The third kappa shape index (κ3) is 3.51. The Labute approximate surface area is 136 Å². The summed E-state index contributed by atoms with van der Waals surface area (Å²) >= 11 is 11.6. The molecule has 2 aromatic rings. The van der Waals surface area contributed by atoms with Gasteiger partial charge in [-0.25, -0.2) is 9.18 Å². The van der Waals surface area contributed by atoms with Crippen molar-refractivity contribution in [3.05, 3.63) is 45.0 Å². The average Bonchev–Trinajstić information content (AvgIpc) is 2.74. The number of amides is 2. The molecule has 0 saturated carbocycles. The van der Waals surface area contributed by atoms with E-state index >= 15 is 0 Å². The van der Waals surface area contributed by atoms with Crippen molar-refractivity contribution in [2.24, 2.45) is 0 Å². The van der Waals surface area contributed by atoms with Crippen LogP contribution in [0.2, 0.25) is 10.0 Å². The predicted octanol–water partition coefficient (Wildman–Crippen LogP) is 4.62. The van der Waals surface area contributed by atoms with E-state index in [1.54, 1.807) is 20.8 Å². The molecule has 1 aromatic heterocycles. The van der Waals surface area contributed by atoms with Crippen LogP contribution in [0.1, 0.15) is 30.0 Å². The maximum Gasteiger partial charge on any atom is 0.319 e. The highest BCUT2D eigenvalue weighted by Crippen LogP contribution is 2.28. The second-order valence-electron chi connectivity index (χ2n) is 4.81. The van der Waals surface area contributed by atoms with E-state index in [1.165, 1.54) is 12.1 Å². The van der Waals surface area contributed by atoms with Crippen LogP contribution in [0.5, 0.6) is 0 Å². The van der Waals surface area contributed by atoms with Gasteiger partial charge in [0.25, 0.3) is 0 Å². The minimum Gasteiger partial charge on any atom is -0.359 e. The Bertz CT molecular complexity index is 699. The van der Waals surface area contributed by atoms with E-state index in [9.17, 15) is 9.18 Å². The van der Waals surface area contributed by atoms with Crippen molar-refractivity contribution in [1.82, 2.24) is 10.5 Å². The number of benzene rings is 1. The molecule has 0 fully saturated rings. The van der Waals surface area contributed by atoms with Crippen LogP contribution >= 0.6 is 23.2 Å². The Hall–Kier alpha value is -1.79. The van der Waals surface area contributed by atoms with Crippen molar-refractivity contribution < 1.29 is 13.7 Å². The molecular formula is C14H14Cl2FN3O2. The Morgan fingerprint density at radius 3 is 2.64 bits per heavy atom. The van der Waals surface area contributed by atoms with E-state index in [0.29, 0.717) is 22.2 Å². The van der Waals surface area contributed by atoms with E-state index in [2.05, 4.69) is 15.8 Å². The number of carbonyl (C=O) groups excluding carboxylic acids is 1. The molecule has 1 atom stereocenters. The van der Waals surface area contributed by atoms with Crippen LogP contribution < -0.4 is 10.6 Å². The van der Waals surface area contributed by atoms with Crippen molar-refractivity contribution in [3.8, 4) is 0 Å². The number of anilines is 1. The lowest BCUT2D eigenvalue weighted by molar-refractivity contribution is 0.249. The first-order valence-corrected chi connectivity index (χ1v) is 7.20. The molecule has 0 spiro atoms. The summed E-state index contributed by atoms with van der Waals surface area (Å²) in [4.78, 5) is 12.0. The van der Waals surface area contributed by atoms with Crippen LogP contribution in [-0.4, -0.2) is 11.2 Å². The van der Waals surface area contributed by atoms with E-state index < -0.39 is 17.9 Å². The van der Waals surface area contributed by atoms with Crippen LogP contribution in [-0.2, 0) is 0 Å². The minimum atomic E-state index is -0.628. The lowest BCUT2D eigenvalue weighted by Crippen LogP contribution is -2.32. The van der Waals surface area contributed by atoms with E-state index in [4.69, 9.17) is 27.7 Å². The van der Waals surface area contributed by atoms with E-state index in [0.717, 1.165) is 0 Å². The Morgan fingerprint density at radius 2 is 2.05 bits per heavy atom. The SMILES string of the molecule is Cc1noc(C)c1NC(=O)NC(C)c1cc(Cl)cc(Cl)c1F. The molecule has 1 unspecified atom stereocenters. The smallest absolute Gasteiger partial charge is 0.319 e. The second-order valence-corrected chi connectivity index (χ2v) is 5.65. The zero-order valence-electron chi connectivity index (χ0n) is 12.1.